The van der Waals surface area contributed by atoms with E-state index in [1.54, 1.807) is 49.4 Å². The van der Waals surface area contributed by atoms with Crippen molar-refractivity contribution in [1.82, 2.24) is 10.6 Å². The van der Waals surface area contributed by atoms with E-state index in [2.05, 4.69) is 16.0 Å². The van der Waals surface area contributed by atoms with Gasteiger partial charge in [-0.05, 0) is 45.0 Å². The fourth-order valence-corrected chi connectivity index (χ4v) is 2.44. The van der Waals surface area contributed by atoms with E-state index in [1.165, 1.54) is 0 Å². The Bertz CT molecular complexity index is 851. The summed E-state index contributed by atoms with van der Waals surface area (Å²) in [4.78, 5) is 36.1. The lowest BCUT2D eigenvalue weighted by atomic mass is 10.1. The maximum atomic E-state index is 12.4. The van der Waals surface area contributed by atoms with E-state index in [0.717, 1.165) is 5.56 Å². The molecule has 2 aromatic carbocycles. The molecule has 0 aliphatic rings. The summed E-state index contributed by atoms with van der Waals surface area (Å²) in [5.41, 5.74) is 1.98. The summed E-state index contributed by atoms with van der Waals surface area (Å²) < 4.78 is 5.40. The molecule has 1 unspecified atom stereocenters. The Hall–Kier alpha value is -3.35. The predicted octanol–water partition coefficient (Wildman–Crippen LogP) is 2.27. The third-order valence-corrected chi connectivity index (χ3v) is 3.87. The first-order valence-corrected chi connectivity index (χ1v) is 9.07. The Labute approximate surface area is 164 Å². The number of hydrogen-bond acceptors (Lipinski definition) is 4. The van der Waals surface area contributed by atoms with Crippen LogP contribution in [-0.4, -0.2) is 36.9 Å². The van der Waals surface area contributed by atoms with E-state index >= 15 is 0 Å². The maximum absolute atomic E-state index is 12.4. The second-order valence-corrected chi connectivity index (χ2v) is 6.32. The van der Waals surface area contributed by atoms with Gasteiger partial charge < -0.3 is 20.7 Å². The average Bonchev–Trinajstić information content (AvgIpc) is 2.67. The minimum Gasteiger partial charge on any atom is -0.484 e. The van der Waals surface area contributed by atoms with Gasteiger partial charge in [-0.3, -0.25) is 14.4 Å². The SMILES string of the molecule is CCNC(=O)COc1cccc(NC(=O)C(C)NC(=O)c2cccc(C)c2)c1. The van der Waals surface area contributed by atoms with Crippen LogP contribution in [-0.2, 0) is 9.59 Å². The molecule has 7 heteroatoms. The van der Waals surface area contributed by atoms with Gasteiger partial charge >= 0.3 is 0 Å². The predicted molar refractivity (Wildman–Crippen MR) is 107 cm³/mol. The van der Waals surface area contributed by atoms with Crippen molar-refractivity contribution < 1.29 is 19.1 Å². The minimum absolute atomic E-state index is 0.103. The second-order valence-electron chi connectivity index (χ2n) is 6.32. The molecule has 0 radical (unpaired) electrons. The van der Waals surface area contributed by atoms with Crippen LogP contribution in [0.5, 0.6) is 5.75 Å². The standard InChI is InChI=1S/C21H25N3O4/c1-4-22-19(25)13-28-18-10-6-9-17(12-18)24-20(26)15(3)23-21(27)16-8-5-7-14(2)11-16/h5-12,15H,4,13H2,1-3H3,(H,22,25)(H,23,27)(H,24,26). The van der Waals surface area contributed by atoms with Gasteiger partial charge in [0.25, 0.3) is 11.8 Å². The number of aryl methyl sites for hydroxylation is 1. The van der Waals surface area contributed by atoms with Crippen LogP contribution in [0.2, 0.25) is 0 Å². The summed E-state index contributed by atoms with van der Waals surface area (Å²) in [6.07, 6.45) is 0. The highest BCUT2D eigenvalue weighted by Gasteiger charge is 2.17. The number of carbonyl (C=O) groups is 3. The molecule has 2 aromatic rings. The third kappa shape index (κ3) is 6.42. The second kappa shape index (κ2) is 10.1. The Morgan fingerprint density at radius 1 is 1.07 bits per heavy atom. The molecule has 0 saturated carbocycles. The van der Waals surface area contributed by atoms with Crippen LogP contribution in [0.1, 0.15) is 29.8 Å². The number of hydrogen-bond donors (Lipinski definition) is 3. The van der Waals surface area contributed by atoms with Gasteiger partial charge in [0.15, 0.2) is 6.61 Å². The number of anilines is 1. The topological polar surface area (TPSA) is 96.5 Å². The van der Waals surface area contributed by atoms with Crippen LogP contribution < -0.4 is 20.7 Å². The molecular weight excluding hydrogens is 358 g/mol. The molecule has 0 aliphatic heterocycles. The first-order valence-electron chi connectivity index (χ1n) is 9.07. The van der Waals surface area contributed by atoms with E-state index in [1.807, 2.05) is 19.9 Å². The van der Waals surface area contributed by atoms with E-state index in [-0.39, 0.29) is 24.3 Å². The summed E-state index contributed by atoms with van der Waals surface area (Å²) in [7, 11) is 0. The molecule has 0 aromatic heterocycles. The molecule has 7 nitrogen and oxygen atoms in total. The lowest BCUT2D eigenvalue weighted by Gasteiger charge is -2.15. The molecule has 2 rings (SSSR count). The van der Waals surface area contributed by atoms with Crippen molar-refractivity contribution in [3.63, 3.8) is 0 Å². The molecule has 0 fully saturated rings. The van der Waals surface area contributed by atoms with E-state index in [0.29, 0.717) is 23.5 Å². The summed E-state index contributed by atoms with van der Waals surface area (Å²) in [5, 5.41) is 8.04. The highest BCUT2D eigenvalue weighted by molar-refractivity contribution is 6.01. The largest absolute Gasteiger partial charge is 0.484 e. The number of carbonyl (C=O) groups excluding carboxylic acids is 3. The van der Waals surface area contributed by atoms with Crippen LogP contribution in [0.25, 0.3) is 0 Å². The monoisotopic (exact) mass is 383 g/mol. The van der Waals surface area contributed by atoms with Crippen molar-refractivity contribution in [2.45, 2.75) is 26.8 Å². The molecule has 148 valence electrons. The smallest absolute Gasteiger partial charge is 0.257 e. The zero-order chi connectivity index (χ0) is 20.5. The highest BCUT2D eigenvalue weighted by atomic mass is 16.5. The van der Waals surface area contributed by atoms with Gasteiger partial charge in [-0.25, -0.2) is 0 Å². The summed E-state index contributed by atoms with van der Waals surface area (Å²) in [6, 6.07) is 13.1. The lowest BCUT2D eigenvalue weighted by Crippen LogP contribution is -2.41. The highest BCUT2D eigenvalue weighted by Crippen LogP contribution is 2.17. The summed E-state index contributed by atoms with van der Waals surface area (Å²) in [5.74, 6) is -0.433. The molecule has 1 atom stereocenters. The van der Waals surface area contributed by atoms with Crippen molar-refractivity contribution in [3.8, 4) is 5.75 Å². The van der Waals surface area contributed by atoms with E-state index in [9.17, 15) is 14.4 Å². The molecule has 28 heavy (non-hydrogen) atoms. The van der Waals surface area contributed by atoms with Gasteiger partial charge in [-0.2, -0.15) is 0 Å². The molecule has 0 bridgehead atoms. The molecule has 0 saturated heterocycles. The van der Waals surface area contributed by atoms with Crippen molar-refractivity contribution in [3.05, 3.63) is 59.7 Å². The van der Waals surface area contributed by atoms with Gasteiger partial charge in [0.2, 0.25) is 5.91 Å². The molecule has 3 N–H and O–H groups in total. The van der Waals surface area contributed by atoms with Crippen molar-refractivity contribution in [1.29, 1.82) is 0 Å². The fraction of sp³-hybridized carbons (Fsp3) is 0.286. The Kier molecular flexibility index (Phi) is 7.56. The van der Waals surface area contributed by atoms with E-state index < -0.39 is 6.04 Å². The normalized spacial score (nSPS) is 11.2. The maximum Gasteiger partial charge on any atom is 0.257 e. The number of amides is 3. The molecule has 0 aliphatic carbocycles. The number of nitrogens with one attached hydrogen (secondary N) is 3. The fourth-order valence-electron chi connectivity index (χ4n) is 2.44. The Morgan fingerprint density at radius 3 is 2.54 bits per heavy atom. The third-order valence-electron chi connectivity index (χ3n) is 3.87. The zero-order valence-electron chi connectivity index (χ0n) is 16.2. The van der Waals surface area contributed by atoms with Gasteiger partial charge in [0.1, 0.15) is 11.8 Å². The zero-order valence-corrected chi connectivity index (χ0v) is 16.2. The quantitative estimate of drug-likeness (QED) is 0.651. The molecule has 3 amide bonds. The van der Waals surface area contributed by atoms with Crippen molar-refractivity contribution in [2.75, 3.05) is 18.5 Å². The van der Waals surface area contributed by atoms with Crippen molar-refractivity contribution >= 4 is 23.4 Å². The van der Waals surface area contributed by atoms with Crippen LogP contribution >= 0.6 is 0 Å². The van der Waals surface area contributed by atoms with Crippen LogP contribution in [0.15, 0.2) is 48.5 Å². The summed E-state index contributed by atoms with van der Waals surface area (Å²) in [6.45, 7) is 5.76. The van der Waals surface area contributed by atoms with Crippen LogP contribution in [0.3, 0.4) is 0 Å². The Balaban J connectivity index is 1.91. The first kappa shape index (κ1) is 21.0. The van der Waals surface area contributed by atoms with Crippen LogP contribution in [0, 0.1) is 6.92 Å². The number of rotatable bonds is 8. The Morgan fingerprint density at radius 2 is 1.82 bits per heavy atom. The van der Waals surface area contributed by atoms with Crippen molar-refractivity contribution in [2.24, 2.45) is 0 Å². The van der Waals surface area contributed by atoms with Gasteiger partial charge in [0.05, 0.1) is 0 Å². The van der Waals surface area contributed by atoms with Gasteiger partial charge in [-0.15, -0.1) is 0 Å². The van der Waals surface area contributed by atoms with E-state index in [4.69, 9.17) is 4.74 Å². The average molecular weight is 383 g/mol. The first-order chi connectivity index (χ1) is 13.4. The number of benzene rings is 2. The summed E-state index contributed by atoms with van der Waals surface area (Å²) >= 11 is 0. The molecule has 0 spiro atoms. The lowest BCUT2D eigenvalue weighted by molar-refractivity contribution is -0.123. The van der Waals surface area contributed by atoms with Gasteiger partial charge in [-0.1, -0.05) is 23.8 Å². The van der Waals surface area contributed by atoms with Crippen LogP contribution in [0.4, 0.5) is 5.69 Å². The van der Waals surface area contributed by atoms with Gasteiger partial charge in [0, 0.05) is 23.9 Å². The molecular formula is C21H25N3O4. The molecule has 0 heterocycles. The number of likely N-dealkylation sites (N-methyl/N-ethyl adjacent to an activating group) is 1. The number of ether oxygens (including phenoxy) is 1. The minimum atomic E-state index is -0.729.